The first kappa shape index (κ1) is 15.6. The molecule has 2 aromatic carbocycles. The number of rotatable bonds is 5. The van der Waals surface area contributed by atoms with E-state index in [9.17, 15) is 4.79 Å². The van der Waals surface area contributed by atoms with Crippen molar-refractivity contribution < 1.29 is 18.8 Å². The van der Waals surface area contributed by atoms with Crippen molar-refractivity contribution in [2.24, 2.45) is 0 Å². The monoisotopic (exact) mass is 324 g/mol. The Morgan fingerprint density at radius 3 is 2.42 bits per heavy atom. The van der Waals surface area contributed by atoms with Crippen LogP contribution in [0.3, 0.4) is 0 Å². The topological polar surface area (TPSA) is 73.6 Å². The van der Waals surface area contributed by atoms with E-state index in [2.05, 4.69) is 10.5 Å². The van der Waals surface area contributed by atoms with Crippen LogP contribution in [-0.4, -0.2) is 25.3 Å². The number of nitrogens with zero attached hydrogens (tertiary/aromatic N) is 1. The number of methoxy groups -OCH3 is 2. The van der Waals surface area contributed by atoms with Gasteiger partial charge in [0, 0.05) is 6.07 Å². The first-order chi connectivity index (χ1) is 11.7. The van der Waals surface area contributed by atoms with Crippen LogP contribution in [0, 0.1) is 0 Å². The lowest BCUT2D eigenvalue weighted by atomic mass is 10.1. The van der Waals surface area contributed by atoms with Crippen molar-refractivity contribution in [3.63, 3.8) is 0 Å². The fourth-order valence-electron chi connectivity index (χ4n) is 2.29. The van der Waals surface area contributed by atoms with Gasteiger partial charge in [0.15, 0.2) is 11.5 Å². The Bertz CT molecular complexity index is 857. The molecule has 0 saturated carbocycles. The summed E-state index contributed by atoms with van der Waals surface area (Å²) in [5.41, 5.74) is 1.46. The number of nitrogens with one attached hydrogen (secondary N) is 1. The molecule has 1 amide bonds. The summed E-state index contributed by atoms with van der Waals surface area (Å²) in [5, 5.41) is 6.59. The first-order valence-corrected chi connectivity index (χ1v) is 7.27. The van der Waals surface area contributed by atoms with Crippen molar-refractivity contribution in [2.75, 3.05) is 19.5 Å². The molecule has 0 saturated heterocycles. The highest BCUT2D eigenvalue weighted by molar-refractivity contribution is 6.04. The summed E-state index contributed by atoms with van der Waals surface area (Å²) >= 11 is 0. The lowest BCUT2D eigenvalue weighted by Crippen LogP contribution is -2.12. The highest BCUT2D eigenvalue weighted by Crippen LogP contribution is 2.30. The van der Waals surface area contributed by atoms with E-state index in [4.69, 9.17) is 14.0 Å². The molecule has 0 fully saturated rings. The predicted molar refractivity (Wildman–Crippen MR) is 89.4 cm³/mol. The minimum Gasteiger partial charge on any atom is -0.496 e. The Morgan fingerprint density at radius 1 is 1.00 bits per heavy atom. The Balaban J connectivity index is 1.84. The van der Waals surface area contributed by atoms with E-state index < -0.39 is 0 Å². The van der Waals surface area contributed by atoms with E-state index in [1.807, 2.05) is 30.3 Å². The molecule has 0 aliphatic carbocycles. The Morgan fingerprint density at radius 2 is 1.67 bits per heavy atom. The van der Waals surface area contributed by atoms with Gasteiger partial charge in [-0.1, -0.05) is 29.4 Å². The second-order valence-electron chi connectivity index (χ2n) is 4.93. The summed E-state index contributed by atoms with van der Waals surface area (Å²) in [6.45, 7) is 0. The standard InChI is InChI=1S/C18H16N2O4/c1-22-15-9-5-3-7-12(15)17-11-14(20-24-17)18(21)19-13-8-4-6-10-16(13)23-2/h3-11H,1-2H3,(H,19,21). The van der Waals surface area contributed by atoms with Crippen LogP contribution >= 0.6 is 0 Å². The van der Waals surface area contributed by atoms with E-state index in [0.29, 0.717) is 22.9 Å². The molecule has 1 N–H and O–H groups in total. The quantitative estimate of drug-likeness (QED) is 0.776. The van der Waals surface area contributed by atoms with E-state index in [1.165, 1.54) is 0 Å². The molecular weight excluding hydrogens is 308 g/mol. The fourth-order valence-corrected chi connectivity index (χ4v) is 2.29. The van der Waals surface area contributed by atoms with E-state index in [1.54, 1.807) is 38.5 Å². The molecule has 0 unspecified atom stereocenters. The van der Waals surface area contributed by atoms with Crippen LogP contribution in [0.25, 0.3) is 11.3 Å². The summed E-state index contributed by atoms with van der Waals surface area (Å²) in [7, 11) is 3.12. The SMILES string of the molecule is COc1ccccc1NC(=O)c1cc(-c2ccccc2OC)on1. The largest absolute Gasteiger partial charge is 0.496 e. The molecule has 6 heteroatoms. The summed E-state index contributed by atoms with van der Waals surface area (Å²) in [4.78, 5) is 12.4. The maximum atomic E-state index is 12.4. The van der Waals surface area contributed by atoms with Gasteiger partial charge in [0.1, 0.15) is 11.5 Å². The fraction of sp³-hybridized carbons (Fsp3) is 0.111. The molecule has 3 aromatic rings. The zero-order valence-corrected chi connectivity index (χ0v) is 13.3. The van der Waals surface area contributed by atoms with Crippen LogP contribution in [0.1, 0.15) is 10.5 Å². The molecule has 24 heavy (non-hydrogen) atoms. The number of hydrogen-bond acceptors (Lipinski definition) is 5. The molecule has 0 aliphatic rings. The van der Waals surface area contributed by atoms with Crippen LogP contribution < -0.4 is 14.8 Å². The van der Waals surface area contributed by atoms with Crippen molar-refractivity contribution in [1.29, 1.82) is 0 Å². The molecule has 0 atom stereocenters. The Hall–Kier alpha value is -3.28. The van der Waals surface area contributed by atoms with Crippen LogP contribution in [0.15, 0.2) is 59.1 Å². The van der Waals surface area contributed by atoms with E-state index >= 15 is 0 Å². The number of carbonyl (C=O) groups is 1. The van der Waals surface area contributed by atoms with Gasteiger partial charge in [-0.25, -0.2) is 0 Å². The molecule has 0 aliphatic heterocycles. The Kier molecular flexibility index (Phi) is 4.47. The van der Waals surface area contributed by atoms with E-state index in [0.717, 1.165) is 5.56 Å². The number of carbonyl (C=O) groups excluding carboxylic acids is 1. The second kappa shape index (κ2) is 6.87. The third-order valence-electron chi connectivity index (χ3n) is 3.47. The molecule has 6 nitrogen and oxygen atoms in total. The van der Waals surface area contributed by atoms with Crippen LogP contribution in [0.2, 0.25) is 0 Å². The molecule has 122 valence electrons. The van der Waals surface area contributed by atoms with Crippen LogP contribution in [0.5, 0.6) is 11.5 Å². The van der Waals surface area contributed by atoms with Gasteiger partial charge in [0.2, 0.25) is 0 Å². The molecule has 1 aromatic heterocycles. The van der Waals surface area contributed by atoms with Crippen LogP contribution in [0.4, 0.5) is 5.69 Å². The van der Waals surface area contributed by atoms with Gasteiger partial charge in [-0.3, -0.25) is 4.79 Å². The highest BCUT2D eigenvalue weighted by Gasteiger charge is 2.17. The molecule has 0 radical (unpaired) electrons. The van der Waals surface area contributed by atoms with Gasteiger partial charge >= 0.3 is 0 Å². The molecular formula is C18H16N2O4. The molecule has 0 bridgehead atoms. The molecule has 3 rings (SSSR count). The van der Waals surface area contributed by atoms with Gasteiger partial charge in [0.05, 0.1) is 25.5 Å². The number of amides is 1. The number of para-hydroxylation sites is 3. The summed E-state index contributed by atoms with van der Waals surface area (Å²) < 4.78 is 15.8. The highest BCUT2D eigenvalue weighted by atomic mass is 16.5. The van der Waals surface area contributed by atoms with Crippen LogP contribution in [-0.2, 0) is 0 Å². The number of hydrogen-bond donors (Lipinski definition) is 1. The maximum Gasteiger partial charge on any atom is 0.277 e. The van der Waals surface area contributed by atoms with Crippen molar-refractivity contribution in [3.05, 3.63) is 60.3 Å². The smallest absolute Gasteiger partial charge is 0.277 e. The first-order valence-electron chi connectivity index (χ1n) is 7.27. The van der Waals surface area contributed by atoms with Crippen molar-refractivity contribution >= 4 is 11.6 Å². The predicted octanol–water partition coefficient (Wildman–Crippen LogP) is 3.61. The lowest BCUT2D eigenvalue weighted by Gasteiger charge is -2.08. The lowest BCUT2D eigenvalue weighted by molar-refractivity contribution is 0.101. The Labute approximate surface area is 139 Å². The normalized spacial score (nSPS) is 10.2. The minimum absolute atomic E-state index is 0.168. The third kappa shape index (κ3) is 3.08. The van der Waals surface area contributed by atoms with Gasteiger partial charge in [-0.2, -0.15) is 0 Å². The van der Waals surface area contributed by atoms with Gasteiger partial charge in [-0.15, -0.1) is 0 Å². The van der Waals surface area contributed by atoms with E-state index in [-0.39, 0.29) is 11.6 Å². The minimum atomic E-state index is -0.385. The average molecular weight is 324 g/mol. The third-order valence-corrected chi connectivity index (χ3v) is 3.47. The van der Waals surface area contributed by atoms with Crippen molar-refractivity contribution in [3.8, 4) is 22.8 Å². The van der Waals surface area contributed by atoms with Crippen molar-refractivity contribution in [1.82, 2.24) is 5.16 Å². The van der Waals surface area contributed by atoms with Gasteiger partial charge in [0.25, 0.3) is 5.91 Å². The number of aromatic nitrogens is 1. The second-order valence-corrected chi connectivity index (χ2v) is 4.93. The zero-order chi connectivity index (χ0) is 16.9. The molecule has 1 heterocycles. The summed E-state index contributed by atoms with van der Waals surface area (Å²) in [5.74, 6) is 1.28. The average Bonchev–Trinajstić information content (AvgIpc) is 3.12. The summed E-state index contributed by atoms with van der Waals surface area (Å²) in [6, 6.07) is 16.1. The summed E-state index contributed by atoms with van der Waals surface area (Å²) in [6.07, 6.45) is 0. The van der Waals surface area contributed by atoms with Gasteiger partial charge < -0.3 is 19.3 Å². The zero-order valence-electron chi connectivity index (χ0n) is 13.3. The molecule has 0 spiro atoms. The van der Waals surface area contributed by atoms with Crippen molar-refractivity contribution in [2.45, 2.75) is 0 Å². The number of anilines is 1. The maximum absolute atomic E-state index is 12.4. The number of ether oxygens (including phenoxy) is 2. The van der Waals surface area contributed by atoms with Gasteiger partial charge in [-0.05, 0) is 24.3 Å². The number of benzene rings is 2.